The zero-order valence-corrected chi connectivity index (χ0v) is 14.6. The van der Waals surface area contributed by atoms with Crippen molar-refractivity contribution in [3.63, 3.8) is 0 Å². The number of carbonyl (C=O) groups is 3. The fourth-order valence-corrected chi connectivity index (χ4v) is 3.39. The minimum Gasteiger partial charge on any atom is -0.481 e. The summed E-state index contributed by atoms with van der Waals surface area (Å²) in [5.74, 6) is -6.34. The molecule has 1 aliphatic heterocycles. The maximum Gasteiger partial charge on any atom is 0.394 e. The number of para-hydroxylation sites is 1. The molecule has 146 valence electrons. The zero-order valence-electron chi connectivity index (χ0n) is 14.6. The number of nitrogens with zero attached hydrogens (tertiary/aromatic N) is 2. The molecule has 3 rings (SSSR count). The largest absolute Gasteiger partial charge is 0.481 e. The summed E-state index contributed by atoms with van der Waals surface area (Å²) in [6.45, 7) is -1.24. The number of hydrogen-bond donors (Lipinski definition) is 1. The molecule has 2 aliphatic rings. The third kappa shape index (κ3) is 3.77. The Labute approximate surface area is 153 Å². The number of anilines is 1. The maximum absolute atomic E-state index is 13.2. The summed E-state index contributed by atoms with van der Waals surface area (Å²) in [7, 11) is 1.52. The molecule has 0 unspecified atom stereocenters. The Hall–Kier alpha value is -2.58. The van der Waals surface area contributed by atoms with Crippen LogP contribution in [0, 0.1) is 17.8 Å². The second-order valence-electron chi connectivity index (χ2n) is 6.99. The second-order valence-corrected chi connectivity index (χ2v) is 6.99. The molecule has 1 N–H and O–H groups in total. The molecule has 1 aliphatic carbocycles. The van der Waals surface area contributed by atoms with Crippen LogP contribution in [0.1, 0.15) is 23.2 Å². The van der Waals surface area contributed by atoms with Gasteiger partial charge in [-0.05, 0) is 25.0 Å². The summed E-state index contributed by atoms with van der Waals surface area (Å²) in [6, 6.07) is 6.17. The van der Waals surface area contributed by atoms with Crippen LogP contribution >= 0.6 is 0 Å². The summed E-state index contributed by atoms with van der Waals surface area (Å²) in [6.07, 6.45) is -3.16. The Morgan fingerprint density at radius 3 is 2.30 bits per heavy atom. The third-order valence-electron chi connectivity index (χ3n) is 5.10. The minimum absolute atomic E-state index is 0.0842. The number of carboxylic acid groups (broad SMARTS) is 1. The fraction of sp³-hybridized carbons (Fsp3) is 0.500. The van der Waals surface area contributed by atoms with Crippen molar-refractivity contribution in [1.29, 1.82) is 0 Å². The number of halogens is 3. The van der Waals surface area contributed by atoms with Gasteiger partial charge in [0.2, 0.25) is 5.91 Å². The molecular formula is C18H19F3N2O4. The summed E-state index contributed by atoms with van der Waals surface area (Å²) in [5.41, 5.74) is 0.391. The van der Waals surface area contributed by atoms with Crippen LogP contribution in [-0.4, -0.2) is 54.1 Å². The third-order valence-corrected chi connectivity index (χ3v) is 5.10. The highest BCUT2D eigenvalue weighted by molar-refractivity contribution is 6.05. The molecule has 1 aromatic rings. The van der Waals surface area contributed by atoms with Crippen LogP contribution < -0.4 is 4.90 Å². The maximum atomic E-state index is 13.2. The summed E-state index contributed by atoms with van der Waals surface area (Å²) >= 11 is 0. The van der Waals surface area contributed by atoms with E-state index in [0.29, 0.717) is 5.69 Å². The molecular weight excluding hydrogens is 365 g/mol. The van der Waals surface area contributed by atoms with Crippen molar-refractivity contribution in [2.75, 3.05) is 25.0 Å². The number of hydrogen-bond acceptors (Lipinski definition) is 3. The fourth-order valence-electron chi connectivity index (χ4n) is 3.39. The van der Waals surface area contributed by atoms with Crippen molar-refractivity contribution in [2.24, 2.45) is 17.8 Å². The molecule has 2 amide bonds. The van der Waals surface area contributed by atoms with Crippen LogP contribution in [-0.2, 0) is 9.59 Å². The van der Waals surface area contributed by atoms with Crippen LogP contribution in [0.2, 0.25) is 0 Å². The average Bonchev–Trinajstić information content (AvgIpc) is 3.35. The normalized spacial score (nSPS) is 22.6. The highest BCUT2D eigenvalue weighted by atomic mass is 19.4. The van der Waals surface area contributed by atoms with Gasteiger partial charge in [0, 0.05) is 26.1 Å². The lowest BCUT2D eigenvalue weighted by Gasteiger charge is -2.23. The predicted molar refractivity (Wildman–Crippen MR) is 89.2 cm³/mol. The van der Waals surface area contributed by atoms with Gasteiger partial charge in [0.25, 0.3) is 5.91 Å². The van der Waals surface area contributed by atoms with Crippen LogP contribution in [0.25, 0.3) is 0 Å². The van der Waals surface area contributed by atoms with Crippen LogP contribution in [0.3, 0.4) is 0 Å². The van der Waals surface area contributed by atoms with Crippen LogP contribution in [0.4, 0.5) is 18.9 Å². The number of amides is 2. The second kappa shape index (κ2) is 6.86. The number of likely N-dealkylation sites (tertiary alicyclic amines) is 1. The lowest BCUT2D eigenvalue weighted by molar-refractivity contribution is -0.187. The van der Waals surface area contributed by atoms with E-state index in [-0.39, 0.29) is 17.4 Å². The van der Waals surface area contributed by atoms with Gasteiger partial charge < -0.3 is 14.9 Å². The molecule has 0 bridgehead atoms. The van der Waals surface area contributed by atoms with E-state index >= 15 is 0 Å². The van der Waals surface area contributed by atoms with E-state index in [4.69, 9.17) is 5.11 Å². The number of carboxylic acids is 1. The van der Waals surface area contributed by atoms with Crippen LogP contribution in [0.5, 0.6) is 0 Å². The van der Waals surface area contributed by atoms with Crippen molar-refractivity contribution in [3.05, 3.63) is 29.8 Å². The number of alkyl halides is 3. The lowest BCUT2D eigenvalue weighted by atomic mass is 9.96. The van der Waals surface area contributed by atoms with Crippen molar-refractivity contribution < 1.29 is 32.7 Å². The van der Waals surface area contributed by atoms with Gasteiger partial charge in [0.1, 0.15) is 0 Å². The number of carbonyl (C=O) groups excluding carboxylic acids is 2. The van der Waals surface area contributed by atoms with Gasteiger partial charge in [-0.1, -0.05) is 12.1 Å². The van der Waals surface area contributed by atoms with Crippen LogP contribution in [0.15, 0.2) is 24.3 Å². The first-order valence-electron chi connectivity index (χ1n) is 8.56. The highest BCUT2D eigenvalue weighted by Gasteiger charge is 2.53. The predicted octanol–water partition coefficient (Wildman–Crippen LogP) is 2.39. The summed E-state index contributed by atoms with van der Waals surface area (Å²) < 4.78 is 39.5. The van der Waals surface area contributed by atoms with E-state index in [0.717, 1.165) is 17.7 Å². The topological polar surface area (TPSA) is 77.9 Å². The Morgan fingerprint density at radius 1 is 1.15 bits per heavy atom. The zero-order chi connectivity index (χ0) is 19.9. The van der Waals surface area contributed by atoms with Gasteiger partial charge in [0.05, 0.1) is 23.1 Å². The molecule has 1 saturated carbocycles. The first kappa shape index (κ1) is 19.2. The van der Waals surface area contributed by atoms with Crippen molar-refractivity contribution in [1.82, 2.24) is 4.90 Å². The van der Waals surface area contributed by atoms with Gasteiger partial charge in [-0.2, -0.15) is 13.2 Å². The first-order valence-corrected chi connectivity index (χ1v) is 8.56. The Balaban J connectivity index is 1.86. The van der Waals surface area contributed by atoms with Gasteiger partial charge in [-0.15, -0.1) is 0 Å². The van der Waals surface area contributed by atoms with Gasteiger partial charge in [0.15, 0.2) is 0 Å². The summed E-state index contributed by atoms with van der Waals surface area (Å²) in [5, 5.41) is 9.11. The minimum atomic E-state index is -4.71. The van der Waals surface area contributed by atoms with E-state index < -0.39 is 43.0 Å². The van der Waals surface area contributed by atoms with E-state index in [9.17, 15) is 27.6 Å². The smallest absolute Gasteiger partial charge is 0.394 e. The Bertz CT molecular complexity index is 776. The van der Waals surface area contributed by atoms with E-state index in [1.807, 2.05) is 0 Å². The lowest BCUT2D eigenvalue weighted by Crippen LogP contribution is -2.35. The Kier molecular flexibility index (Phi) is 4.88. The van der Waals surface area contributed by atoms with E-state index in [2.05, 4.69) is 0 Å². The molecule has 6 nitrogen and oxygen atoms in total. The number of rotatable bonds is 4. The molecule has 0 spiro atoms. The first-order chi connectivity index (χ1) is 12.6. The SMILES string of the molecule is CN(C(=O)C1CC1)c1ccccc1C(=O)N1C[C@@H](C(F)(F)F)[C@H](C(=O)O)C1. The number of aliphatic carboxylic acids is 1. The quantitative estimate of drug-likeness (QED) is 0.865. The standard InChI is InChI=1S/C18H19F3N2O4/c1-22(15(24)10-6-7-10)14-5-3-2-4-11(14)16(25)23-8-12(17(26)27)13(9-23)18(19,20)21/h2-5,10,12-13H,6-9H2,1H3,(H,26,27)/t12-,13-/m1/s1. The van der Waals surface area contributed by atoms with Crippen molar-refractivity contribution >= 4 is 23.5 Å². The molecule has 0 radical (unpaired) electrons. The molecule has 1 aromatic carbocycles. The molecule has 2 fully saturated rings. The molecule has 1 saturated heterocycles. The van der Waals surface area contributed by atoms with Gasteiger partial charge in [-0.3, -0.25) is 14.4 Å². The molecule has 27 heavy (non-hydrogen) atoms. The Morgan fingerprint density at radius 2 is 1.78 bits per heavy atom. The molecule has 0 aromatic heterocycles. The monoisotopic (exact) mass is 384 g/mol. The number of benzene rings is 1. The molecule has 2 atom stereocenters. The van der Waals surface area contributed by atoms with Gasteiger partial charge in [-0.25, -0.2) is 0 Å². The summed E-state index contributed by atoms with van der Waals surface area (Å²) in [4.78, 5) is 38.6. The van der Waals surface area contributed by atoms with Crippen molar-refractivity contribution in [2.45, 2.75) is 19.0 Å². The highest BCUT2D eigenvalue weighted by Crippen LogP contribution is 2.39. The van der Waals surface area contributed by atoms with E-state index in [1.54, 1.807) is 18.2 Å². The van der Waals surface area contributed by atoms with E-state index in [1.165, 1.54) is 18.0 Å². The average molecular weight is 384 g/mol. The molecule has 9 heteroatoms. The molecule has 1 heterocycles. The van der Waals surface area contributed by atoms with Crippen molar-refractivity contribution in [3.8, 4) is 0 Å². The van der Waals surface area contributed by atoms with Gasteiger partial charge >= 0.3 is 12.1 Å².